The van der Waals surface area contributed by atoms with Crippen LogP contribution in [-0.4, -0.2) is 28.9 Å². The summed E-state index contributed by atoms with van der Waals surface area (Å²) in [7, 11) is 0. The predicted octanol–water partition coefficient (Wildman–Crippen LogP) is 11.6. The standard InChI is InChI=1S/C51H62O5/c1-3-5-7-9-11-13-21-47(52)33-39-23-27-41(28-24-39)37-50(55)45-19-15-17-43(31-45)35-49(54)36-44-18-16-20-46(32-44)51(56)38-42-29-25-40(26-30-42)34-48(53)22-14-12-10-8-6-4-2/h15-20,23-32H,3-14,21-22,33-38H2,1-2H3. The molecule has 0 aromatic heterocycles. The van der Waals surface area contributed by atoms with Crippen molar-refractivity contribution in [1.29, 1.82) is 0 Å². The predicted molar refractivity (Wildman–Crippen MR) is 228 cm³/mol. The third-order valence-electron chi connectivity index (χ3n) is 10.5. The Bertz CT molecular complexity index is 1720. The van der Waals surface area contributed by atoms with Crippen LogP contribution in [0.4, 0.5) is 0 Å². The molecular formula is C51H62O5. The van der Waals surface area contributed by atoms with E-state index in [2.05, 4.69) is 13.8 Å². The summed E-state index contributed by atoms with van der Waals surface area (Å²) in [5, 5.41) is 0. The summed E-state index contributed by atoms with van der Waals surface area (Å²) < 4.78 is 0. The highest BCUT2D eigenvalue weighted by Gasteiger charge is 2.14. The second-order valence-corrected chi connectivity index (χ2v) is 15.6. The van der Waals surface area contributed by atoms with E-state index in [0.717, 1.165) is 59.1 Å². The first kappa shape index (κ1) is 44.0. The quantitative estimate of drug-likeness (QED) is 0.0426. The van der Waals surface area contributed by atoms with Crippen molar-refractivity contribution in [3.05, 3.63) is 142 Å². The van der Waals surface area contributed by atoms with Crippen LogP contribution in [-0.2, 0) is 52.9 Å². The van der Waals surface area contributed by atoms with Crippen LogP contribution < -0.4 is 0 Å². The van der Waals surface area contributed by atoms with Crippen LogP contribution in [0.25, 0.3) is 0 Å². The Hall–Kier alpha value is -4.77. The summed E-state index contributed by atoms with van der Waals surface area (Å²) in [6.07, 6.45) is 17.0. The summed E-state index contributed by atoms with van der Waals surface area (Å²) in [5.41, 5.74) is 6.41. The molecule has 0 bridgehead atoms. The molecule has 296 valence electrons. The molecular weight excluding hydrogens is 693 g/mol. The highest BCUT2D eigenvalue weighted by Crippen LogP contribution is 2.17. The van der Waals surface area contributed by atoms with E-state index >= 15 is 0 Å². The van der Waals surface area contributed by atoms with Gasteiger partial charge in [0.15, 0.2) is 11.6 Å². The maximum Gasteiger partial charge on any atom is 0.167 e. The van der Waals surface area contributed by atoms with E-state index in [1.54, 1.807) is 24.3 Å². The van der Waals surface area contributed by atoms with Crippen molar-refractivity contribution in [1.82, 2.24) is 0 Å². The molecule has 0 aliphatic rings. The normalized spacial score (nSPS) is 11.0. The van der Waals surface area contributed by atoms with E-state index in [1.165, 1.54) is 51.4 Å². The fraction of sp³-hybridized carbons (Fsp3) is 0.431. The first-order chi connectivity index (χ1) is 27.2. The molecule has 0 atom stereocenters. The molecule has 5 nitrogen and oxygen atoms in total. The fourth-order valence-corrected chi connectivity index (χ4v) is 7.19. The molecule has 5 heteroatoms. The number of hydrogen-bond donors (Lipinski definition) is 0. The molecule has 56 heavy (non-hydrogen) atoms. The van der Waals surface area contributed by atoms with Gasteiger partial charge in [-0.15, -0.1) is 0 Å². The van der Waals surface area contributed by atoms with E-state index in [0.29, 0.717) is 36.8 Å². The van der Waals surface area contributed by atoms with E-state index in [-0.39, 0.29) is 54.6 Å². The van der Waals surface area contributed by atoms with Crippen molar-refractivity contribution < 1.29 is 24.0 Å². The topological polar surface area (TPSA) is 85.3 Å². The van der Waals surface area contributed by atoms with Gasteiger partial charge in [0.1, 0.15) is 17.3 Å². The second kappa shape index (κ2) is 24.7. The molecule has 0 radical (unpaired) electrons. The van der Waals surface area contributed by atoms with Gasteiger partial charge < -0.3 is 0 Å². The molecule has 0 saturated carbocycles. The number of carbonyl (C=O) groups is 5. The molecule has 0 unspecified atom stereocenters. The van der Waals surface area contributed by atoms with Crippen molar-refractivity contribution >= 4 is 28.9 Å². The van der Waals surface area contributed by atoms with Gasteiger partial charge in [-0.05, 0) is 58.4 Å². The van der Waals surface area contributed by atoms with Crippen LogP contribution in [0.1, 0.15) is 158 Å². The lowest BCUT2D eigenvalue weighted by atomic mass is 9.96. The Balaban J connectivity index is 1.21. The summed E-state index contributed by atoms with van der Waals surface area (Å²) in [6.45, 7) is 4.41. The first-order valence-corrected chi connectivity index (χ1v) is 21.2. The average molecular weight is 755 g/mol. The molecule has 4 aromatic rings. The highest BCUT2D eigenvalue weighted by atomic mass is 16.1. The second-order valence-electron chi connectivity index (χ2n) is 15.6. The lowest BCUT2D eigenvalue weighted by molar-refractivity contribution is -0.119. The third kappa shape index (κ3) is 16.5. The maximum atomic E-state index is 13.2. The monoisotopic (exact) mass is 754 g/mol. The number of hydrogen-bond acceptors (Lipinski definition) is 5. The molecule has 0 heterocycles. The van der Waals surface area contributed by atoms with Gasteiger partial charge in [-0.1, -0.05) is 163 Å². The zero-order valence-corrected chi connectivity index (χ0v) is 33.9. The minimum Gasteiger partial charge on any atom is -0.299 e. The lowest BCUT2D eigenvalue weighted by Gasteiger charge is -2.08. The summed E-state index contributed by atoms with van der Waals surface area (Å²) in [5.74, 6) is 0.479. The molecule has 0 amide bonds. The zero-order chi connectivity index (χ0) is 40.0. The Morgan fingerprint density at radius 2 is 0.661 bits per heavy atom. The third-order valence-corrected chi connectivity index (χ3v) is 10.5. The molecule has 0 aliphatic heterocycles. The number of carbonyl (C=O) groups excluding carboxylic acids is 5. The van der Waals surface area contributed by atoms with E-state index in [4.69, 9.17) is 0 Å². The lowest BCUT2D eigenvalue weighted by Crippen LogP contribution is -2.10. The van der Waals surface area contributed by atoms with Crippen LogP contribution in [0.15, 0.2) is 97.1 Å². The van der Waals surface area contributed by atoms with Crippen LogP contribution >= 0.6 is 0 Å². The summed E-state index contributed by atoms with van der Waals surface area (Å²) in [4.78, 5) is 64.4. The van der Waals surface area contributed by atoms with Crippen LogP contribution in [0.2, 0.25) is 0 Å². The van der Waals surface area contributed by atoms with Gasteiger partial charge in [0, 0.05) is 62.5 Å². The summed E-state index contributed by atoms with van der Waals surface area (Å²) in [6, 6.07) is 30.0. The van der Waals surface area contributed by atoms with Gasteiger partial charge in [0.2, 0.25) is 0 Å². The number of rotatable bonds is 28. The number of unbranched alkanes of at least 4 members (excludes halogenated alkanes) is 10. The molecule has 0 saturated heterocycles. The number of ketones is 5. The molecule has 0 aliphatic carbocycles. The molecule has 4 aromatic carbocycles. The van der Waals surface area contributed by atoms with Crippen LogP contribution in [0.5, 0.6) is 0 Å². The Morgan fingerprint density at radius 1 is 0.339 bits per heavy atom. The van der Waals surface area contributed by atoms with Crippen LogP contribution in [0.3, 0.4) is 0 Å². The van der Waals surface area contributed by atoms with Gasteiger partial charge in [-0.25, -0.2) is 0 Å². The molecule has 0 spiro atoms. The van der Waals surface area contributed by atoms with Gasteiger partial charge in [0.05, 0.1) is 0 Å². The molecule has 0 N–H and O–H groups in total. The molecule has 0 fully saturated rings. The van der Waals surface area contributed by atoms with Crippen molar-refractivity contribution in [3.8, 4) is 0 Å². The van der Waals surface area contributed by atoms with E-state index in [9.17, 15) is 24.0 Å². The minimum atomic E-state index is -0.0240. The maximum absolute atomic E-state index is 13.2. The Kier molecular flexibility index (Phi) is 19.4. The minimum absolute atomic E-state index is 0.00227. The number of benzene rings is 4. The Labute approximate surface area is 335 Å². The highest BCUT2D eigenvalue weighted by molar-refractivity contribution is 5.99. The van der Waals surface area contributed by atoms with E-state index in [1.807, 2.05) is 72.8 Å². The van der Waals surface area contributed by atoms with E-state index < -0.39 is 0 Å². The van der Waals surface area contributed by atoms with Crippen molar-refractivity contribution in [2.45, 2.75) is 142 Å². The van der Waals surface area contributed by atoms with Crippen molar-refractivity contribution in [2.24, 2.45) is 0 Å². The fourth-order valence-electron chi connectivity index (χ4n) is 7.19. The Morgan fingerprint density at radius 3 is 1.04 bits per heavy atom. The zero-order valence-electron chi connectivity index (χ0n) is 33.9. The van der Waals surface area contributed by atoms with Crippen LogP contribution in [0, 0.1) is 0 Å². The van der Waals surface area contributed by atoms with Gasteiger partial charge >= 0.3 is 0 Å². The summed E-state index contributed by atoms with van der Waals surface area (Å²) >= 11 is 0. The van der Waals surface area contributed by atoms with Crippen molar-refractivity contribution in [3.63, 3.8) is 0 Å². The SMILES string of the molecule is CCCCCCCCC(=O)Cc1ccc(CC(=O)c2cccc(CC(=O)Cc3cccc(C(=O)Cc4ccc(CC(=O)CCCCCCCC)cc4)c3)c2)cc1. The van der Waals surface area contributed by atoms with Gasteiger partial charge in [0.25, 0.3) is 0 Å². The van der Waals surface area contributed by atoms with Crippen molar-refractivity contribution in [2.75, 3.05) is 0 Å². The largest absolute Gasteiger partial charge is 0.299 e. The van der Waals surface area contributed by atoms with Gasteiger partial charge in [-0.2, -0.15) is 0 Å². The smallest absolute Gasteiger partial charge is 0.167 e. The number of Topliss-reactive ketones (excluding diaryl/α,β-unsaturated/α-hetero) is 5. The van der Waals surface area contributed by atoms with Gasteiger partial charge in [-0.3, -0.25) is 24.0 Å². The average Bonchev–Trinajstić information content (AvgIpc) is 3.19. The first-order valence-electron chi connectivity index (χ1n) is 21.2. The molecule has 4 rings (SSSR count).